The van der Waals surface area contributed by atoms with Gasteiger partial charge in [0.2, 0.25) is 5.91 Å². The van der Waals surface area contributed by atoms with Gasteiger partial charge in [-0.05, 0) is 67.3 Å². The minimum atomic E-state index is -1.08. The molecule has 0 aliphatic heterocycles. The Morgan fingerprint density at radius 1 is 1.19 bits per heavy atom. The third kappa shape index (κ3) is 6.23. The predicted octanol–water partition coefficient (Wildman–Crippen LogP) is 3.51. The Hall–Kier alpha value is -2.26. The number of nitrogens with one attached hydrogen (secondary N) is 1. The molecule has 2 rings (SSSR count). The Morgan fingerprint density at radius 2 is 1.81 bits per heavy atom. The van der Waals surface area contributed by atoms with E-state index in [1.807, 2.05) is 0 Å². The van der Waals surface area contributed by atoms with Crippen LogP contribution in [0.3, 0.4) is 0 Å². The number of halogens is 3. The summed E-state index contributed by atoms with van der Waals surface area (Å²) in [5.74, 6) is -1.44. The minimum Gasteiger partial charge on any atom is -0.480 e. The number of nitrogens with zero attached hydrogens (tertiary/aromatic N) is 1. The minimum absolute atomic E-state index is 0.0764. The quantitative estimate of drug-likeness (QED) is 0.462. The van der Waals surface area contributed by atoms with Crippen LogP contribution in [0.5, 0.6) is 5.75 Å². The van der Waals surface area contributed by atoms with Crippen molar-refractivity contribution in [1.82, 2.24) is 5.43 Å². The van der Waals surface area contributed by atoms with Crippen LogP contribution in [0.25, 0.3) is 0 Å². The standard InChI is InChI=1S/C17H13Br2FN2O4/c18-13-5-11(6-14(19)17(13)26-9-16(24)25)8-21-22-15(23)7-10-1-3-12(20)4-2-10/h1-6,8H,7,9H2,(H,22,23)(H,24,25)/b21-8+. The molecule has 2 N–H and O–H groups in total. The summed E-state index contributed by atoms with van der Waals surface area (Å²) >= 11 is 6.58. The Balaban J connectivity index is 1.96. The average molecular weight is 488 g/mol. The van der Waals surface area contributed by atoms with Gasteiger partial charge in [-0.15, -0.1) is 0 Å². The van der Waals surface area contributed by atoms with Crippen molar-refractivity contribution in [2.45, 2.75) is 6.42 Å². The number of benzene rings is 2. The van der Waals surface area contributed by atoms with E-state index in [1.165, 1.54) is 30.5 Å². The van der Waals surface area contributed by atoms with E-state index in [9.17, 15) is 14.0 Å². The van der Waals surface area contributed by atoms with Gasteiger partial charge in [0.15, 0.2) is 6.61 Å². The average Bonchev–Trinajstić information content (AvgIpc) is 2.56. The Kier molecular flexibility index (Phi) is 7.28. The molecule has 0 bridgehead atoms. The van der Waals surface area contributed by atoms with E-state index in [1.54, 1.807) is 12.1 Å². The molecule has 0 heterocycles. The van der Waals surface area contributed by atoms with Crippen molar-refractivity contribution < 1.29 is 23.8 Å². The van der Waals surface area contributed by atoms with Gasteiger partial charge in [0.05, 0.1) is 21.6 Å². The van der Waals surface area contributed by atoms with Gasteiger partial charge in [-0.25, -0.2) is 14.6 Å². The second-order valence-electron chi connectivity index (χ2n) is 5.09. The summed E-state index contributed by atoms with van der Waals surface area (Å²) in [6.45, 7) is -0.468. The molecule has 2 aromatic rings. The fourth-order valence-electron chi connectivity index (χ4n) is 1.93. The molecule has 0 radical (unpaired) electrons. The normalized spacial score (nSPS) is 10.7. The SMILES string of the molecule is O=C(O)COc1c(Br)cc(/C=N/NC(=O)Cc2ccc(F)cc2)cc1Br. The number of carbonyl (C=O) groups excluding carboxylic acids is 1. The molecule has 0 unspecified atom stereocenters. The number of hydrazone groups is 1. The van der Waals surface area contributed by atoms with Gasteiger partial charge in [-0.1, -0.05) is 12.1 Å². The highest BCUT2D eigenvalue weighted by molar-refractivity contribution is 9.11. The third-order valence-corrected chi connectivity index (χ3v) is 4.22. The molecule has 0 atom stereocenters. The summed E-state index contributed by atoms with van der Waals surface area (Å²) in [4.78, 5) is 22.4. The van der Waals surface area contributed by atoms with E-state index >= 15 is 0 Å². The zero-order chi connectivity index (χ0) is 19.1. The molecule has 2 aromatic carbocycles. The van der Waals surface area contributed by atoms with Crippen LogP contribution < -0.4 is 10.2 Å². The van der Waals surface area contributed by atoms with Crippen molar-refractivity contribution in [2.75, 3.05) is 6.61 Å². The van der Waals surface area contributed by atoms with E-state index in [-0.39, 0.29) is 18.1 Å². The molecule has 136 valence electrons. The summed E-state index contributed by atoms with van der Waals surface area (Å²) < 4.78 is 19.1. The molecule has 26 heavy (non-hydrogen) atoms. The first-order chi connectivity index (χ1) is 12.3. The molecular weight excluding hydrogens is 475 g/mol. The molecule has 0 fully saturated rings. The maximum Gasteiger partial charge on any atom is 0.341 e. The van der Waals surface area contributed by atoms with Crippen molar-refractivity contribution in [1.29, 1.82) is 0 Å². The van der Waals surface area contributed by atoms with Gasteiger partial charge in [0, 0.05) is 0 Å². The van der Waals surface area contributed by atoms with Crippen LogP contribution in [0.2, 0.25) is 0 Å². The maximum absolute atomic E-state index is 12.8. The predicted molar refractivity (Wildman–Crippen MR) is 101 cm³/mol. The molecule has 0 aliphatic rings. The van der Waals surface area contributed by atoms with Crippen LogP contribution in [0.1, 0.15) is 11.1 Å². The second-order valence-corrected chi connectivity index (χ2v) is 6.80. The second kappa shape index (κ2) is 9.44. The van der Waals surface area contributed by atoms with Crippen LogP contribution in [0.4, 0.5) is 4.39 Å². The maximum atomic E-state index is 12.8. The zero-order valence-electron chi connectivity index (χ0n) is 13.2. The number of rotatable bonds is 7. The lowest BCUT2D eigenvalue weighted by Crippen LogP contribution is -2.19. The van der Waals surface area contributed by atoms with Crippen molar-refractivity contribution >= 4 is 50.0 Å². The van der Waals surface area contributed by atoms with E-state index in [0.717, 1.165) is 0 Å². The summed E-state index contributed by atoms with van der Waals surface area (Å²) in [6.07, 6.45) is 1.51. The Morgan fingerprint density at radius 3 is 2.38 bits per heavy atom. The number of aliphatic carboxylic acids is 1. The van der Waals surface area contributed by atoms with Crippen molar-refractivity contribution in [3.05, 3.63) is 62.3 Å². The van der Waals surface area contributed by atoms with Crippen molar-refractivity contribution in [2.24, 2.45) is 5.10 Å². The largest absolute Gasteiger partial charge is 0.480 e. The molecule has 0 saturated carbocycles. The number of hydrogen-bond donors (Lipinski definition) is 2. The highest BCUT2D eigenvalue weighted by atomic mass is 79.9. The van der Waals surface area contributed by atoms with Crippen LogP contribution in [-0.4, -0.2) is 29.8 Å². The highest BCUT2D eigenvalue weighted by Crippen LogP contribution is 2.34. The molecule has 9 heteroatoms. The Labute approximate surface area is 165 Å². The van der Waals surface area contributed by atoms with E-state index in [2.05, 4.69) is 42.4 Å². The van der Waals surface area contributed by atoms with Crippen LogP contribution in [0, 0.1) is 5.82 Å². The molecule has 0 saturated heterocycles. The molecule has 0 spiro atoms. The summed E-state index contributed by atoms with van der Waals surface area (Å²) in [6, 6.07) is 8.96. The van der Waals surface area contributed by atoms with Gasteiger partial charge in [-0.3, -0.25) is 4.79 Å². The summed E-state index contributed by atoms with van der Waals surface area (Å²) in [5.41, 5.74) is 3.70. The van der Waals surface area contributed by atoms with Gasteiger partial charge in [0.25, 0.3) is 0 Å². The number of amides is 1. The van der Waals surface area contributed by atoms with Crippen LogP contribution >= 0.6 is 31.9 Å². The number of hydrogen-bond acceptors (Lipinski definition) is 4. The molecule has 0 aromatic heterocycles. The molecule has 6 nitrogen and oxygen atoms in total. The van der Waals surface area contributed by atoms with Crippen molar-refractivity contribution in [3.8, 4) is 5.75 Å². The first kappa shape index (κ1) is 20.1. The van der Waals surface area contributed by atoms with Crippen LogP contribution in [-0.2, 0) is 16.0 Å². The lowest BCUT2D eigenvalue weighted by molar-refractivity contribution is -0.139. The fraction of sp³-hybridized carbons (Fsp3) is 0.118. The zero-order valence-corrected chi connectivity index (χ0v) is 16.4. The summed E-state index contributed by atoms with van der Waals surface area (Å²) in [7, 11) is 0. The number of carboxylic acids is 1. The number of ether oxygens (including phenoxy) is 1. The monoisotopic (exact) mass is 486 g/mol. The number of carbonyl (C=O) groups is 2. The van der Waals surface area contributed by atoms with E-state index in [0.29, 0.717) is 25.8 Å². The third-order valence-electron chi connectivity index (χ3n) is 3.04. The molecular formula is C17H13Br2FN2O4. The highest BCUT2D eigenvalue weighted by Gasteiger charge is 2.10. The van der Waals surface area contributed by atoms with Gasteiger partial charge < -0.3 is 9.84 Å². The van der Waals surface area contributed by atoms with Gasteiger partial charge in [0.1, 0.15) is 11.6 Å². The van der Waals surface area contributed by atoms with Crippen LogP contribution in [0.15, 0.2) is 50.4 Å². The fourth-order valence-corrected chi connectivity index (χ4v) is 3.38. The summed E-state index contributed by atoms with van der Waals surface area (Å²) in [5, 5.41) is 12.5. The first-order valence-corrected chi connectivity index (χ1v) is 8.83. The number of carboxylic acid groups (broad SMARTS) is 1. The van der Waals surface area contributed by atoms with Crippen molar-refractivity contribution in [3.63, 3.8) is 0 Å². The Bertz CT molecular complexity index is 818. The smallest absolute Gasteiger partial charge is 0.341 e. The van der Waals surface area contributed by atoms with Gasteiger partial charge in [-0.2, -0.15) is 5.10 Å². The molecule has 0 aliphatic carbocycles. The lowest BCUT2D eigenvalue weighted by Gasteiger charge is -2.09. The first-order valence-electron chi connectivity index (χ1n) is 7.25. The topological polar surface area (TPSA) is 88.0 Å². The van der Waals surface area contributed by atoms with E-state index in [4.69, 9.17) is 9.84 Å². The van der Waals surface area contributed by atoms with Gasteiger partial charge >= 0.3 is 5.97 Å². The van der Waals surface area contributed by atoms with E-state index < -0.39 is 12.6 Å². The lowest BCUT2D eigenvalue weighted by atomic mass is 10.1. The molecule has 1 amide bonds.